The zero-order valence-corrected chi connectivity index (χ0v) is 9.55. The van der Waals surface area contributed by atoms with Gasteiger partial charge in [0, 0.05) is 6.20 Å². The number of aromatic amines is 1. The van der Waals surface area contributed by atoms with Gasteiger partial charge in [0.15, 0.2) is 0 Å². The molecule has 0 spiro atoms. The molecule has 1 aromatic rings. The van der Waals surface area contributed by atoms with E-state index in [1.165, 1.54) is 6.07 Å². The fourth-order valence-electron chi connectivity index (χ4n) is 1.93. The van der Waals surface area contributed by atoms with Gasteiger partial charge in [-0.3, -0.25) is 4.79 Å². The number of hydrogen-bond acceptors (Lipinski definition) is 3. The lowest BCUT2D eigenvalue weighted by Gasteiger charge is -2.21. The van der Waals surface area contributed by atoms with Crippen LogP contribution in [0.1, 0.15) is 34.7 Å². The third kappa shape index (κ3) is 2.29. The lowest BCUT2D eigenvalue weighted by molar-refractivity contribution is 0.0694. The van der Waals surface area contributed by atoms with Gasteiger partial charge in [-0.2, -0.15) is 11.8 Å². The quantitative estimate of drug-likeness (QED) is 0.823. The summed E-state index contributed by atoms with van der Waals surface area (Å²) < 4.78 is 0. The minimum absolute atomic E-state index is 0.157. The van der Waals surface area contributed by atoms with Crippen LogP contribution in [0.3, 0.4) is 0 Å². The number of thioether (sulfide) groups is 1. The molecular formula is C11H13NO3S. The van der Waals surface area contributed by atoms with Gasteiger partial charge in [0.1, 0.15) is 5.56 Å². The monoisotopic (exact) mass is 239 g/mol. The average Bonchev–Trinajstić information content (AvgIpc) is 2.30. The molecule has 0 aliphatic carbocycles. The second-order valence-electron chi connectivity index (χ2n) is 3.87. The van der Waals surface area contributed by atoms with Crippen molar-refractivity contribution < 1.29 is 9.90 Å². The van der Waals surface area contributed by atoms with Gasteiger partial charge >= 0.3 is 5.97 Å². The van der Waals surface area contributed by atoms with E-state index in [1.807, 2.05) is 11.8 Å². The van der Waals surface area contributed by atoms with Gasteiger partial charge in [0.05, 0.1) is 0 Å². The third-order valence-corrected chi connectivity index (χ3v) is 3.90. The first kappa shape index (κ1) is 11.3. The van der Waals surface area contributed by atoms with E-state index >= 15 is 0 Å². The molecule has 5 heteroatoms. The zero-order valence-electron chi connectivity index (χ0n) is 8.73. The summed E-state index contributed by atoms with van der Waals surface area (Å²) >= 11 is 1.92. The number of hydrogen-bond donors (Lipinski definition) is 2. The first-order chi connectivity index (χ1) is 7.68. The molecule has 1 fully saturated rings. The number of aromatic nitrogens is 1. The number of nitrogens with one attached hydrogen (secondary N) is 1. The van der Waals surface area contributed by atoms with Crippen LogP contribution in [-0.4, -0.2) is 27.6 Å². The van der Waals surface area contributed by atoms with Crippen LogP contribution in [0.15, 0.2) is 17.1 Å². The fourth-order valence-corrected chi connectivity index (χ4v) is 3.03. The van der Waals surface area contributed by atoms with Gasteiger partial charge < -0.3 is 10.1 Å². The normalized spacial score (nSPS) is 17.2. The Hall–Kier alpha value is -1.23. The SMILES string of the molecule is O=C(O)c1cc(C2CCSCC2)c[nH]c1=O. The van der Waals surface area contributed by atoms with Crippen LogP contribution in [0.2, 0.25) is 0 Å². The van der Waals surface area contributed by atoms with Gasteiger partial charge in [-0.25, -0.2) is 4.79 Å². The Morgan fingerprint density at radius 3 is 2.75 bits per heavy atom. The van der Waals surface area contributed by atoms with Gasteiger partial charge in [0.2, 0.25) is 0 Å². The lowest BCUT2D eigenvalue weighted by Crippen LogP contribution is -2.19. The van der Waals surface area contributed by atoms with Crippen LogP contribution in [0.5, 0.6) is 0 Å². The smallest absolute Gasteiger partial charge is 0.341 e. The Labute approximate surface area is 97.1 Å². The second-order valence-corrected chi connectivity index (χ2v) is 5.09. The molecule has 0 saturated carbocycles. The number of carboxylic acid groups (broad SMARTS) is 1. The van der Waals surface area contributed by atoms with Crippen molar-refractivity contribution in [2.24, 2.45) is 0 Å². The van der Waals surface area contributed by atoms with E-state index in [0.717, 1.165) is 29.9 Å². The highest BCUT2D eigenvalue weighted by Gasteiger charge is 2.18. The van der Waals surface area contributed by atoms with E-state index in [1.54, 1.807) is 6.20 Å². The van der Waals surface area contributed by atoms with Crippen molar-refractivity contribution in [1.82, 2.24) is 4.98 Å². The number of pyridine rings is 1. The number of rotatable bonds is 2. The summed E-state index contributed by atoms with van der Waals surface area (Å²) in [6, 6.07) is 1.52. The van der Waals surface area contributed by atoms with Crippen molar-refractivity contribution in [2.75, 3.05) is 11.5 Å². The molecule has 1 aliphatic rings. The van der Waals surface area contributed by atoms with E-state index in [9.17, 15) is 9.59 Å². The molecule has 4 nitrogen and oxygen atoms in total. The van der Waals surface area contributed by atoms with Gasteiger partial charge in [-0.05, 0) is 41.9 Å². The van der Waals surface area contributed by atoms with Crippen LogP contribution >= 0.6 is 11.8 Å². The maximum absolute atomic E-state index is 11.3. The van der Waals surface area contributed by atoms with Gasteiger partial charge in [-0.1, -0.05) is 0 Å². The largest absolute Gasteiger partial charge is 0.477 e. The molecule has 0 bridgehead atoms. The highest BCUT2D eigenvalue weighted by Crippen LogP contribution is 2.30. The molecule has 2 N–H and O–H groups in total. The average molecular weight is 239 g/mol. The topological polar surface area (TPSA) is 70.2 Å². The minimum atomic E-state index is -1.16. The van der Waals surface area contributed by atoms with Crippen LogP contribution < -0.4 is 5.56 Å². The number of carboxylic acids is 1. The Morgan fingerprint density at radius 1 is 1.44 bits per heavy atom. The summed E-state index contributed by atoms with van der Waals surface area (Å²) in [7, 11) is 0. The standard InChI is InChI=1S/C11H13NO3S/c13-10-9(11(14)15)5-8(6-12-10)7-1-3-16-4-2-7/h5-7H,1-4H2,(H,12,13)(H,14,15). The van der Waals surface area contributed by atoms with Crippen molar-refractivity contribution in [2.45, 2.75) is 18.8 Å². The summed E-state index contributed by atoms with van der Waals surface area (Å²) in [5.74, 6) is 1.43. The maximum Gasteiger partial charge on any atom is 0.341 e. The molecule has 2 heterocycles. The summed E-state index contributed by atoms with van der Waals surface area (Å²) in [4.78, 5) is 24.6. The minimum Gasteiger partial charge on any atom is -0.477 e. The molecular weight excluding hydrogens is 226 g/mol. The Kier molecular flexibility index (Phi) is 3.33. The van der Waals surface area contributed by atoms with E-state index in [4.69, 9.17) is 5.11 Å². The first-order valence-corrected chi connectivity index (χ1v) is 6.37. The lowest BCUT2D eigenvalue weighted by atomic mass is 9.94. The summed E-state index contributed by atoms with van der Waals surface area (Å²) in [5.41, 5.74) is 0.259. The van der Waals surface area contributed by atoms with E-state index in [2.05, 4.69) is 4.98 Å². The van der Waals surface area contributed by atoms with Crippen LogP contribution in [-0.2, 0) is 0 Å². The highest BCUT2D eigenvalue weighted by molar-refractivity contribution is 7.99. The molecule has 16 heavy (non-hydrogen) atoms. The van der Waals surface area contributed by atoms with Crippen LogP contribution in [0.4, 0.5) is 0 Å². The van der Waals surface area contributed by atoms with Crippen molar-refractivity contribution >= 4 is 17.7 Å². The van der Waals surface area contributed by atoms with Gasteiger partial charge in [0.25, 0.3) is 5.56 Å². The third-order valence-electron chi connectivity index (χ3n) is 2.85. The highest BCUT2D eigenvalue weighted by atomic mass is 32.2. The van der Waals surface area contributed by atoms with Crippen molar-refractivity contribution in [3.8, 4) is 0 Å². The Balaban J connectivity index is 2.31. The molecule has 0 unspecified atom stereocenters. The number of aromatic carboxylic acids is 1. The molecule has 2 rings (SSSR count). The predicted octanol–water partition coefficient (Wildman–Crippen LogP) is 1.68. The summed E-state index contributed by atoms with van der Waals surface area (Å²) in [6.45, 7) is 0. The van der Waals surface area contributed by atoms with E-state index in [0.29, 0.717) is 5.92 Å². The molecule has 0 amide bonds. The van der Waals surface area contributed by atoms with Crippen molar-refractivity contribution in [3.63, 3.8) is 0 Å². The Morgan fingerprint density at radius 2 is 2.12 bits per heavy atom. The molecule has 0 aromatic carbocycles. The maximum atomic E-state index is 11.3. The fraction of sp³-hybridized carbons (Fsp3) is 0.455. The number of H-pyrrole nitrogens is 1. The van der Waals surface area contributed by atoms with E-state index in [-0.39, 0.29) is 5.56 Å². The van der Waals surface area contributed by atoms with Crippen molar-refractivity contribution in [3.05, 3.63) is 33.7 Å². The van der Waals surface area contributed by atoms with Gasteiger partial charge in [-0.15, -0.1) is 0 Å². The predicted molar refractivity (Wildman–Crippen MR) is 63.3 cm³/mol. The summed E-state index contributed by atoms with van der Waals surface area (Å²) in [5, 5.41) is 8.86. The summed E-state index contributed by atoms with van der Waals surface area (Å²) in [6.07, 6.45) is 3.75. The molecule has 0 radical (unpaired) electrons. The molecule has 1 aromatic heterocycles. The molecule has 1 aliphatic heterocycles. The second kappa shape index (κ2) is 4.74. The van der Waals surface area contributed by atoms with E-state index < -0.39 is 11.5 Å². The molecule has 86 valence electrons. The van der Waals surface area contributed by atoms with Crippen LogP contribution in [0.25, 0.3) is 0 Å². The van der Waals surface area contributed by atoms with Crippen molar-refractivity contribution in [1.29, 1.82) is 0 Å². The van der Waals surface area contributed by atoms with Crippen LogP contribution in [0, 0.1) is 0 Å². The Bertz CT molecular complexity index is 449. The first-order valence-electron chi connectivity index (χ1n) is 5.22. The zero-order chi connectivity index (χ0) is 11.5. The number of carbonyl (C=O) groups is 1. The molecule has 0 atom stereocenters. The molecule has 1 saturated heterocycles.